The van der Waals surface area contributed by atoms with E-state index in [4.69, 9.17) is 9.47 Å². The minimum atomic E-state index is -0.755. The Hall–Kier alpha value is -2.87. The molecule has 2 aromatic heterocycles. The molecule has 3 aromatic rings. The van der Waals surface area contributed by atoms with Crippen molar-refractivity contribution in [1.82, 2.24) is 19.8 Å². The quantitative estimate of drug-likeness (QED) is 0.688. The number of aliphatic hydroxyl groups is 1. The number of benzene rings is 1. The van der Waals surface area contributed by atoms with E-state index in [-0.39, 0.29) is 12.0 Å². The number of nitrogens with one attached hydrogen (secondary N) is 1. The summed E-state index contributed by atoms with van der Waals surface area (Å²) in [5.41, 5.74) is 1.20. The van der Waals surface area contributed by atoms with Crippen LogP contribution >= 0.6 is 0 Å². The molecule has 0 aliphatic heterocycles. The van der Waals surface area contributed by atoms with Gasteiger partial charge in [-0.25, -0.2) is 0 Å². The van der Waals surface area contributed by atoms with E-state index in [1.165, 1.54) is 0 Å². The first kappa shape index (κ1) is 18.9. The van der Waals surface area contributed by atoms with E-state index in [2.05, 4.69) is 41.4 Å². The maximum atomic E-state index is 10.5. The van der Waals surface area contributed by atoms with Crippen LogP contribution in [0.4, 0.5) is 5.82 Å². The van der Waals surface area contributed by atoms with Gasteiger partial charge in [0.05, 0.1) is 20.3 Å². The van der Waals surface area contributed by atoms with E-state index >= 15 is 0 Å². The van der Waals surface area contributed by atoms with Crippen LogP contribution in [0.5, 0.6) is 11.5 Å². The molecule has 0 radical (unpaired) electrons. The van der Waals surface area contributed by atoms with Crippen LogP contribution in [-0.4, -0.2) is 45.7 Å². The summed E-state index contributed by atoms with van der Waals surface area (Å²) in [5.74, 6) is 2.66. The molecule has 8 heteroatoms. The summed E-state index contributed by atoms with van der Waals surface area (Å²) in [7, 11) is 3.16. The second-order valence-electron chi connectivity index (χ2n) is 7.30. The molecule has 27 heavy (non-hydrogen) atoms. The van der Waals surface area contributed by atoms with Gasteiger partial charge in [0.25, 0.3) is 0 Å². The van der Waals surface area contributed by atoms with Crippen molar-refractivity contribution >= 4 is 11.5 Å². The minimum absolute atomic E-state index is 0.179. The van der Waals surface area contributed by atoms with Crippen LogP contribution in [0.3, 0.4) is 0 Å². The highest BCUT2D eigenvalue weighted by atomic mass is 16.5. The lowest BCUT2D eigenvalue weighted by atomic mass is 9.96. The van der Waals surface area contributed by atoms with Gasteiger partial charge in [0.15, 0.2) is 11.5 Å². The number of rotatable bonds is 6. The molecule has 0 bridgehead atoms. The number of hydrogen-bond donors (Lipinski definition) is 2. The van der Waals surface area contributed by atoms with Crippen molar-refractivity contribution in [2.24, 2.45) is 0 Å². The van der Waals surface area contributed by atoms with Gasteiger partial charge in [0, 0.05) is 18.0 Å². The van der Waals surface area contributed by atoms with E-state index in [0.717, 1.165) is 5.82 Å². The third-order valence-corrected chi connectivity index (χ3v) is 4.17. The zero-order valence-electron chi connectivity index (χ0n) is 16.2. The van der Waals surface area contributed by atoms with Gasteiger partial charge < -0.3 is 19.9 Å². The number of fused-ring (bicyclic) bond motifs is 1. The van der Waals surface area contributed by atoms with Crippen LogP contribution in [0.15, 0.2) is 30.3 Å². The summed E-state index contributed by atoms with van der Waals surface area (Å²) in [4.78, 5) is 0. The van der Waals surface area contributed by atoms with E-state index in [0.29, 0.717) is 28.5 Å². The maximum Gasteiger partial charge on any atom is 0.178 e. The monoisotopic (exact) mass is 371 g/mol. The van der Waals surface area contributed by atoms with Crippen molar-refractivity contribution < 1.29 is 14.6 Å². The third kappa shape index (κ3) is 4.11. The predicted molar refractivity (Wildman–Crippen MR) is 102 cm³/mol. The summed E-state index contributed by atoms with van der Waals surface area (Å²) >= 11 is 0. The first-order valence-electron chi connectivity index (χ1n) is 8.69. The number of anilines is 1. The molecule has 0 aliphatic rings. The lowest BCUT2D eigenvalue weighted by Gasteiger charge is -2.16. The van der Waals surface area contributed by atoms with Gasteiger partial charge in [-0.1, -0.05) is 20.8 Å². The van der Waals surface area contributed by atoms with Crippen molar-refractivity contribution in [3.8, 4) is 11.5 Å². The van der Waals surface area contributed by atoms with Crippen molar-refractivity contribution in [3.05, 3.63) is 41.7 Å². The Morgan fingerprint density at radius 1 is 1.07 bits per heavy atom. The van der Waals surface area contributed by atoms with Crippen LogP contribution in [0, 0.1) is 0 Å². The number of aliphatic hydroxyl groups excluding tert-OH is 1. The molecule has 0 aliphatic carbocycles. The Morgan fingerprint density at radius 3 is 2.33 bits per heavy atom. The molecule has 0 saturated heterocycles. The lowest BCUT2D eigenvalue weighted by Crippen LogP contribution is -2.18. The molecular weight excluding hydrogens is 346 g/mol. The Labute approximate surface area is 158 Å². The number of aromatic nitrogens is 4. The van der Waals surface area contributed by atoms with Crippen LogP contribution in [0.25, 0.3) is 5.65 Å². The van der Waals surface area contributed by atoms with Crippen LogP contribution in [0.1, 0.15) is 38.3 Å². The van der Waals surface area contributed by atoms with E-state index in [1.54, 1.807) is 36.9 Å². The number of hydrogen-bond acceptors (Lipinski definition) is 7. The summed E-state index contributed by atoms with van der Waals surface area (Å²) < 4.78 is 12.2. The molecule has 0 amide bonds. The van der Waals surface area contributed by atoms with E-state index in [9.17, 15) is 5.11 Å². The fourth-order valence-electron chi connectivity index (χ4n) is 2.69. The Morgan fingerprint density at radius 2 is 1.74 bits per heavy atom. The zero-order chi connectivity index (χ0) is 19.6. The minimum Gasteiger partial charge on any atom is -0.497 e. The summed E-state index contributed by atoms with van der Waals surface area (Å²) in [5, 5.41) is 26.6. The normalized spacial score (nSPS) is 12.8. The highest BCUT2D eigenvalue weighted by Crippen LogP contribution is 2.27. The summed E-state index contributed by atoms with van der Waals surface area (Å²) in [6.45, 7) is 6.46. The molecule has 8 nitrogen and oxygen atoms in total. The predicted octanol–water partition coefficient (Wildman–Crippen LogP) is 2.58. The zero-order valence-corrected chi connectivity index (χ0v) is 16.2. The average Bonchev–Trinajstić information content (AvgIpc) is 3.09. The van der Waals surface area contributed by atoms with Gasteiger partial charge >= 0.3 is 0 Å². The third-order valence-electron chi connectivity index (χ3n) is 4.17. The van der Waals surface area contributed by atoms with E-state index < -0.39 is 6.10 Å². The van der Waals surface area contributed by atoms with E-state index in [1.807, 2.05) is 12.1 Å². The molecule has 144 valence electrons. The number of ether oxygens (including phenoxy) is 2. The molecule has 0 saturated carbocycles. The first-order valence-corrected chi connectivity index (χ1v) is 8.69. The second kappa shape index (κ2) is 7.40. The molecular formula is C19H25N5O3. The second-order valence-corrected chi connectivity index (χ2v) is 7.30. The van der Waals surface area contributed by atoms with Crippen LogP contribution in [-0.2, 0) is 5.41 Å². The fourth-order valence-corrected chi connectivity index (χ4v) is 2.69. The fraction of sp³-hybridized carbons (Fsp3) is 0.421. The van der Waals surface area contributed by atoms with Gasteiger partial charge in [0.1, 0.15) is 17.3 Å². The molecule has 1 aromatic carbocycles. The standard InChI is InChI=1S/C19H25N5O3/c1-19(2,3)18-22-21-17-7-6-16(23-24(17)18)20-11-15(25)12-8-13(26-4)10-14(9-12)27-5/h6-10,15,25H,11H2,1-5H3,(H,20,23). The molecule has 0 fully saturated rings. The largest absolute Gasteiger partial charge is 0.497 e. The SMILES string of the molecule is COc1cc(OC)cc(C(O)CNc2ccc3nnc(C(C)(C)C)n3n2)c1. The first-order chi connectivity index (χ1) is 12.8. The van der Waals surface area contributed by atoms with Crippen molar-refractivity contribution in [1.29, 1.82) is 0 Å². The highest BCUT2D eigenvalue weighted by Gasteiger charge is 2.22. The van der Waals surface area contributed by atoms with Gasteiger partial charge in [-0.3, -0.25) is 0 Å². The van der Waals surface area contributed by atoms with Crippen LogP contribution < -0.4 is 14.8 Å². The molecule has 1 atom stereocenters. The Bertz CT molecular complexity index is 910. The molecule has 3 rings (SSSR count). The highest BCUT2D eigenvalue weighted by molar-refractivity contribution is 5.45. The van der Waals surface area contributed by atoms with Gasteiger partial charge in [-0.15, -0.1) is 15.3 Å². The van der Waals surface area contributed by atoms with Crippen molar-refractivity contribution in [2.45, 2.75) is 32.3 Å². The smallest absolute Gasteiger partial charge is 0.178 e. The summed E-state index contributed by atoms with van der Waals surface area (Å²) in [6.07, 6.45) is -0.755. The van der Waals surface area contributed by atoms with Crippen molar-refractivity contribution in [3.63, 3.8) is 0 Å². The Balaban J connectivity index is 1.78. The maximum absolute atomic E-state index is 10.5. The lowest BCUT2D eigenvalue weighted by molar-refractivity contribution is 0.190. The Kier molecular flexibility index (Phi) is 5.18. The molecule has 2 N–H and O–H groups in total. The van der Waals surface area contributed by atoms with Gasteiger partial charge in [0.2, 0.25) is 0 Å². The molecule has 0 spiro atoms. The number of nitrogens with zero attached hydrogens (tertiary/aromatic N) is 4. The van der Waals surface area contributed by atoms with Gasteiger partial charge in [-0.05, 0) is 29.8 Å². The van der Waals surface area contributed by atoms with Crippen LogP contribution in [0.2, 0.25) is 0 Å². The summed E-state index contributed by atoms with van der Waals surface area (Å²) in [6, 6.07) is 8.99. The topological polar surface area (TPSA) is 93.8 Å². The number of methoxy groups -OCH3 is 2. The molecule has 2 heterocycles. The van der Waals surface area contributed by atoms with Gasteiger partial charge in [-0.2, -0.15) is 4.52 Å². The van der Waals surface area contributed by atoms with Crippen molar-refractivity contribution in [2.75, 3.05) is 26.1 Å². The average molecular weight is 371 g/mol. The molecule has 1 unspecified atom stereocenters.